The van der Waals surface area contributed by atoms with E-state index in [9.17, 15) is 19.5 Å². The van der Waals surface area contributed by atoms with Gasteiger partial charge in [-0.25, -0.2) is 0 Å². The van der Waals surface area contributed by atoms with Gasteiger partial charge in [-0.05, 0) is 42.0 Å². The highest BCUT2D eigenvalue weighted by atomic mass is 16.5. The Morgan fingerprint density at radius 2 is 2.07 bits per heavy atom. The highest BCUT2D eigenvalue weighted by Gasteiger charge is 2.36. The zero-order valence-corrected chi connectivity index (χ0v) is 14.7. The summed E-state index contributed by atoms with van der Waals surface area (Å²) in [6.45, 7) is 0.656. The Labute approximate surface area is 154 Å². The number of aliphatic hydroxyl groups is 1. The van der Waals surface area contributed by atoms with Crippen LogP contribution in [0.3, 0.4) is 0 Å². The molecule has 1 amide bonds. The van der Waals surface area contributed by atoms with Crippen LogP contribution in [-0.4, -0.2) is 33.9 Å². The molecule has 0 radical (unpaired) electrons. The number of carbonyl (C=O) groups excluding carboxylic acids is 1. The van der Waals surface area contributed by atoms with E-state index < -0.39 is 11.1 Å². The summed E-state index contributed by atoms with van der Waals surface area (Å²) < 4.78 is 5.54. The summed E-state index contributed by atoms with van der Waals surface area (Å²) in [5.41, 5.74) is 1.23. The first kappa shape index (κ1) is 17.5. The lowest BCUT2D eigenvalue weighted by Gasteiger charge is -2.38. The van der Waals surface area contributed by atoms with Crippen LogP contribution in [0.5, 0.6) is 5.75 Å². The van der Waals surface area contributed by atoms with Crippen molar-refractivity contribution in [2.45, 2.75) is 37.8 Å². The second-order valence-corrected chi connectivity index (χ2v) is 7.19. The van der Waals surface area contributed by atoms with Crippen LogP contribution < -0.4 is 21.2 Å². The number of carbonyl (C=O) groups is 1. The van der Waals surface area contributed by atoms with E-state index in [4.69, 9.17) is 4.74 Å². The van der Waals surface area contributed by atoms with E-state index in [2.05, 4.69) is 15.5 Å². The molecule has 1 unspecified atom stereocenters. The van der Waals surface area contributed by atoms with Gasteiger partial charge in [0.1, 0.15) is 5.75 Å². The molecule has 0 saturated heterocycles. The Balaban J connectivity index is 1.54. The summed E-state index contributed by atoms with van der Waals surface area (Å²) in [7, 11) is 0. The summed E-state index contributed by atoms with van der Waals surface area (Å²) in [5, 5.41) is 17.1. The first-order valence-corrected chi connectivity index (χ1v) is 9.03. The molecule has 1 atom stereocenters. The zero-order chi connectivity index (χ0) is 19.0. The molecule has 1 aliphatic heterocycles. The monoisotopic (exact) mass is 371 g/mol. The molecule has 4 rings (SSSR count). The van der Waals surface area contributed by atoms with Crippen LogP contribution in [0.15, 0.2) is 33.9 Å². The second kappa shape index (κ2) is 7.03. The maximum atomic E-state index is 12.6. The van der Waals surface area contributed by atoms with E-state index in [0.29, 0.717) is 19.4 Å². The third-order valence-electron chi connectivity index (χ3n) is 5.26. The van der Waals surface area contributed by atoms with E-state index in [0.717, 1.165) is 29.4 Å². The summed E-state index contributed by atoms with van der Waals surface area (Å²) in [6.07, 6.45) is 1.54. The highest BCUT2D eigenvalue weighted by molar-refractivity contribution is 5.79. The highest BCUT2D eigenvalue weighted by Crippen LogP contribution is 2.39. The van der Waals surface area contributed by atoms with Crippen molar-refractivity contribution in [2.75, 3.05) is 6.61 Å². The molecule has 27 heavy (non-hydrogen) atoms. The molecule has 142 valence electrons. The molecule has 2 aromatic rings. The number of hydrogen-bond donors (Lipinski definition) is 4. The fourth-order valence-electron chi connectivity index (χ4n) is 3.76. The van der Waals surface area contributed by atoms with Gasteiger partial charge in [0.05, 0.1) is 25.2 Å². The van der Waals surface area contributed by atoms with Gasteiger partial charge in [-0.2, -0.15) is 0 Å². The SMILES string of the molecule is O=C(Cc1cc(=O)[nH][nH]c1=O)NC(c1ccc2c(c1)CCO2)C1CC(O)C1. The molecular formula is C19H21N3O5. The molecule has 1 saturated carbocycles. The number of aliphatic hydroxyl groups excluding tert-OH is 1. The van der Waals surface area contributed by atoms with Crippen LogP contribution in [0.2, 0.25) is 0 Å². The van der Waals surface area contributed by atoms with Crippen molar-refractivity contribution < 1.29 is 14.6 Å². The Bertz CT molecular complexity index is 974. The number of aromatic nitrogens is 2. The van der Waals surface area contributed by atoms with Gasteiger partial charge in [0.15, 0.2) is 0 Å². The Hall–Kier alpha value is -2.87. The van der Waals surface area contributed by atoms with Crippen LogP contribution in [-0.2, 0) is 17.6 Å². The third-order valence-corrected chi connectivity index (χ3v) is 5.26. The number of aromatic amines is 2. The van der Waals surface area contributed by atoms with Gasteiger partial charge in [0.25, 0.3) is 11.1 Å². The molecule has 1 fully saturated rings. The molecule has 8 nitrogen and oxygen atoms in total. The largest absolute Gasteiger partial charge is 0.493 e. The van der Waals surface area contributed by atoms with E-state index in [1.165, 1.54) is 0 Å². The summed E-state index contributed by atoms with van der Waals surface area (Å²) in [4.78, 5) is 35.7. The summed E-state index contributed by atoms with van der Waals surface area (Å²) in [6, 6.07) is 6.76. The number of amides is 1. The molecule has 2 heterocycles. The third kappa shape index (κ3) is 3.66. The Morgan fingerprint density at radius 1 is 1.26 bits per heavy atom. The minimum atomic E-state index is -0.491. The first-order valence-electron chi connectivity index (χ1n) is 9.03. The second-order valence-electron chi connectivity index (χ2n) is 7.19. The van der Waals surface area contributed by atoms with Crippen LogP contribution in [0.25, 0.3) is 0 Å². The van der Waals surface area contributed by atoms with Gasteiger partial charge in [0, 0.05) is 18.1 Å². The Kier molecular flexibility index (Phi) is 4.57. The molecule has 1 aromatic heterocycles. The zero-order valence-electron chi connectivity index (χ0n) is 14.7. The number of nitrogens with one attached hydrogen (secondary N) is 3. The summed E-state index contributed by atoms with van der Waals surface area (Å²) >= 11 is 0. The molecule has 4 N–H and O–H groups in total. The van der Waals surface area contributed by atoms with Crippen LogP contribution in [0, 0.1) is 5.92 Å². The average Bonchev–Trinajstić information content (AvgIpc) is 3.08. The molecule has 0 spiro atoms. The lowest BCUT2D eigenvalue weighted by Crippen LogP contribution is -2.42. The number of hydrogen-bond acceptors (Lipinski definition) is 5. The number of rotatable bonds is 5. The fourth-order valence-corrected chi connectivity index (χ4v) is 3.76. The maximum absolute atomic E-state index is 12.6. The molecular weight excluding hydrogens is 350 g/mol. The van der Waals surface area contributed by atoms with Crippen molar-refractivity contribution in [1.82, 2.24) is 15.5 Å². The van der Waals surface area contributed by atoms with Crippen molar-refractivity contribution >= 4 is 5.91 Å². The van der Waals surface area contributed by atoms with Crippen molar-refractivity contribution in [1.29, 1.82) is 0 Å². The lowest BCUT2D eigenvalue weighted by molar-refractivity contribution is -0.122. The number of H-pyrrole nitrogens is 2. The maximum Gasteiger partial charge on any atom is 0.266 e. The van der Waals surface area contributed by atoms with E-state index in [1.807, 2.05) is 18.2 Å². The topological polar surface area (TPSA) is 124 Å². The Morgan fingerprint density at radius 3 is 2.85 bits per heavy atom. The van der Waals surface area contributed by atoms with E-state index in [1.54, 1.807) is 0 Å². The fraction of sp³-hybridized carbons (Fsp3) is 0.421. The number of fused-ring (bicyclic) bond motifs is 1. The van der Waals surface area contributed by atoms with Crippen LogP contribution in [0.1, 0.15) is 35.6 Å². The van der Waals surface area contributed by atoms with Gasteiger partial charge >= 0.3 is 0 Å². The number of ether oxygens (including phenoxy) is 1. The van der Waals surface area contributed by atoms with E-state index >= 15 is 0 Å². The van der Waals surface area contributed by atoms with E-state index in [-0.39, 0.29) is 36.0 Å². The molecule has 1 aliphatic carbocycles. The first-order chi connectivity index (χ1) is 13.0. The van der Waals surface area contributed by atoms with Crippen LogP contribution in [0.4, 0.5) is 0 Å². The minimum Gasteiger partial charge on any atom is -0.493 e. The quantitative estimate of drug-likeness (QED) is 0.596. The average molecular weight is 371 g/mol. The molecule has 0 bridgehead atoms. The van der Waals surface area contributed by atoms with Crippen LogP contribution >= 0.6 is 0 Å². The van der Waals surface area contributed by atoms with Gasteiger partial charge in [-0.15, -0.1) is 0 Å². The molecule has 8 heteroatoms. The lowest BCUT2D eigenvalue weighted by atomic mass is 9.74. The van der Waals surface area contributed by atoms with Gasteiger partial charge in [-0.3, -0.25) is 24.6 Å². The molecule has 2 aliphatic rings. The predicted octanol–water partition coefficient (Wildman–Crippen LogP) is 0.169. The van der Waals surface area contributed by atoms with Gasteiger partial charge in [-0.1, -0.05) is 6.07 Å². The van der Waals surface area contributed by atoms with Gasteiger partial charge in [0.2, 0.25) is 5.91 Å². The number of benzene rings is 1. The van der Waals surface area contributed by atoms with Crippen molar-refractivity contribution in [3.8, 4) is 5.75 Å². The van der Waals surface area contributed by atoms with Crippen molar-refractivity contribution in [2.24, 2.45) is 5.92 Å². The summed E-state index contributed by atoms with van der Waals surface area (Å²) in [5.74, 6) is 0.656. The van der Waals surface area contributed by atoms with Gasteiger partial charge < -0.3 is 15.2 Å². The van der Waals surface area contributed by atoms with Crippen molar-refractivity contribution in [3.05, 3.63) is 61.7 Å². The molecule has 1 aromatic carbocycles. The smallest absolute Gasteiger partial charge is 0.266 e. The normalized spacial score (nSPS) is 21.7. The minimum absolute atomic E-state index is 0.117. The standard InChI is InChI=1S/C19H21N3O5/c23-14-6-12(7-14)18(11-1-2-15-10(5-11)3-4-27-15)20-16(24)8-13-9-17(25)21-22-19(13)26/h1-2,5,9,12,14,18,23H,3-4,6-8H2,(H,20,24)(H,21,25)(H,22,26). The predicted molar refractivity (Wildman–Crippen MR) is 96.6 cm³/mol. The van der Waals surface area contributed by atoms with Crippen molar-refractivity contribution in [3.63, 3.8) is 0 Å².